The maximum Gasteiger partial charge on any atom is 0.209 e. The number of benzene rings is 2. The quantitative estimate of drug-likeness (QED) is 0.543. The van der Waals surface area contributed by atoms with Crippen LogP contribution in [0.25, 0.3) is 12.2 Å². The molecule has 1 heterocycles. The molecule has 2 aromatic carbocycles. The number of Topliss-reactive ketones (excluding diaryl/α,β-unsaturated/α-hetero) is 1. The van der Waals surface area contributed by atoms with Crippen molar-refractivity contribution in [2.45, 2.75) is 5.16 Å². The van der Waals surface area contributed by atoms with Crippen LogP contribution < -0.4 is 0 Å². The fourth-order valence-electron chi connectivity index (χ4n) is 1.99. The van der Waals surface area contributed by atoms with E-state index in [1.807, 2.05) is 42.5 Å². The van der Waals surface area contributed by atoms with E-state index in [0.29, 0.717) is 16.5 Å². The lowest BCUT2D eigenvalue weighted by Gasteiger charge is -1.98. The number of aromatic amines is 1. The Labute approximate surface area is 142 Å². The number of halogens is 1. The van der Waals surface area contributed by atoms with Gasteiger partial charge in [-0.3, -0.25) is 9.89 Å². The molecule has 0 aliphatic carbocycles. The van der Waals surface area contributed by atoms with Crippen LogP contribution in [0.4, 0.5) is 4.39 Å². The molecule has 120 valence electrons. The molecule has 0 aliphatic heterocycles. The Hall–Kier alpha value is -2.73. The van der Waals surface area contributed by atoms with E-state index in [1.165, 1.54) is 36.0 Å². The number of ketones is 1. The minimum atomic E-state index is -0.358. The molecule has 0 fully saturated rings. The van der Waals surface area contributed by atoms with Gasteiger partial charge < -0.3 is 0 Å². The minimum Gasteiger partial charge on any atom is -0.293 e. The Kier molecular flexibility index (Phi) is 5.18. The van der Waals surface area contributed by atoms with Crippen molar-refractivity contribution in [3.05, 3.63) is 77.4 Å². The average molecular weight is 339 g/mol. The normalized spacial score (nSPS) is 11.0. The van der Waals surface area contributed by atoms with Crippen molar-refractivity contribution in [1.82, 2.24) is 15.2 Å². The molecule has 0 atom stereocenters. The molecule has 1 aromatic heterocycles. The Bertz CT molecular complexity index is 844. The van der Waals surface area contributed by atoms with Crippen LogP contribution in [-0.4, -0.2) is 26.7 Å². The summed E-state index contributed by atoms with van der Waals surface area (Å²) < 4.78 is 12.9. The van der Waals surface area contributed by atoms with E-state index in [9.17, 15) is 9.18 Å². The molecule has 6 heteroatoms. The first-order valence-corrected chi connectivity index (χ1v) is 8.26. The Balaban J connectivity index is 1.57. The highest BCUT2D eigenvalue weighted by Crippen LogP contribution is 2.16. The maximum absolute atomic E-state index is 12.9. The summed E-state index contributed by atoms with van der Waals surface area (Å²) in [4.78, 5) is 16.3. The molecule has 0 amide bonds. The van der Waals surface area contributed by atoms with Crippen molar-refractivity contribution in [3.8, 4) is 0 Å². The third-order valence-corrected chi connectivity index (χ3v) is 4.06. The van der Waals surface area contributed by atoms with Crippen molar-refractivity contribution in [1.29, 1.82) is 0 Å². The summed E-state index contributed by atoms with van der Waals surface area (Å²) in [5.74, 6) is 0.371. The van der Waals surface area contributed by atoms with E-state index < -0.39 is 0 Å². The van der Waals surface area contributed by atoms with Crippen molar-refractivity contribution >= 4 is 29.7 Å². The number of nitrogens with one attached hydrogen (secondary N) is 1. The number of H-pyrrole nitrogens is 1. The topological polar surface area (TPSA) is 58.6 Å². The summed E-state index contributed by atoms with van der Waals surface area (Å²) in [6.45, 7) is 0. The molecule has 24 heavy (non-hydrogen) atoms. The predicted octanol–water partition coefficient (Wildman–Crippen LogP) is 4.09. The van der Waals surface area contributed by atoms with E-state index in [4.69, 9.17) is 0 Å². The van der Waals surface area contributed by atoms with Gasteiger partial charge in [-0.2, -0.15) is 0 Å². The summed E-state index contributed by atoms with van der Waals surface area (Å²) in [5.41, 5.74) is 1.54. The molecule has 0 saturated heterocycles. The lowest BCUT2D eigenvalue weighted by molar-refractivity contribution is 0.102. The first-order chi connectivity index (χ1) is 11.7. The van der Waals surface area contributed by atoms with Gasteiger partial charge in [0, 0.05) is 5.56 Å². The van der Waals surface area contributed by atoms with Crippen LogP contribution in [0.2, 0.25) is 0 Å². The van der Waals surface area contributed by atoms with Gasteiger partial charge in [-0.1, -0.05) is 48.2 Å². The molecule has 3 rings (SSSR count). The van der Waals surface area contributed by atoms with Gasteiger partial charge >= 0.3 is 0 Å². The van der Waals surface area contributed by atoms with Gasteiger partial charge in [0.2, 0.25) is 5.16 Å². The first kappa shape index (κ1) is 16.1. The number of hydrogen-bond donors (Lipinski definition) is 1. The molecular formula is C18H14FN3OS. The molecule has 0 saturated carbocycles. The van der Waals surface area contributed by atoms with Crippen LogP contribution in [0.3, 0.4) is 0 Å². The van der Waals surface area contributed by atoms with Gasteiger partial charge in [-0.05, 0) is 35.9 Å². The van der Waals surface area contributed by atoms with Crippen molar-refractivity contribution in [3.63, 3.8) is 0 Å². The van der Waals surface area contributed by atoms with Crippen molar-refractivity contribution in [2.75, 3.05) is 5.75 Å². The van der Waals surface area contributed by atoms with Crippen LogP contribution in [0, 0.1) is 5.82 Å². The lowest BCUT2D eigenvalue weighted by Crippen LogP contribution is -2.02. The van der Waals surface area contributed by atoms with Crippen LogP contribution in [-0.2, 0) is 0 Å². The summed E-state index contributed by atoms with van der Waals surface area (Å²) in [6.07, 6.45) is 3.76. The fourth-order valence-corrected chi connectivity index (χ4v) is 2.69. The van der Waals surface area contributed by atoms with Gasteiger partial charge in [-0.25, -0.2) is 9.37 Å². The second-order valence-corrected chi connectivity index (χ2v) is 5.91. The van der Waals surface area contributed by atoms with Gasteiger partial charge in [0.05, 0.1) is 5.75 Å². The molecule has 0 spiro atoms. The fraction of sp³-hybridized carbons (Fsp3) is 0.0556. The van der Waals surface area contributed by atoms with Crippen molar-refractivity contribution < 1.29 is 9.18 Å². The van der Waals surface area contributed by atoms with Crippen molar-refractivity contribution in [2.24, 2.45) is 0 Å². The highest BCUT2D eigenvalue weighted by Gasteiger charge is 2.09. The van der Waals surface area contributed by atoms with Crippen LogP contribution in [0.5, 0.6) is 0 Å². The second-order valence-electron chi connectivity index (χ2n) is 4.97. The summed E-state index contributed by atoms with van der Waals surface area (Å²) in [5, 5.41) is 7.39. The average Bonchev–Trinajstić information content (AvgIpc) is 3.07. The van der Waals surface area contributed by atoms with Crippen LogP contribution in [0.1, 0.15) is 21.7 Å². The first-order valence-electron chi connectivity index (χ1n) is 7.28. The number of aromatic nitrogens is 3. The van der Waals surface area contributed by atoms with Gasteiger partial charge in [0.25, 0.3) is 0 Å². The molecule has 0 unspecified atom stereocenters. The van der Waals surface area contributed by atoms with E-state index in [1.54, 1.807) is 0 Å². The molecule has 4 nitrogen and oxygen atoms in total. The minimum absolute atomic E-state index is 0.0915. The molecule has 0 aliphatic rings. The van der Waals surface area contributed by atoms with E-state index in [-0.39, 0.29) is 17.4 Å². The molecule has 1 N–H and O–H groups in total. The van der Waals surface area contributed by atoms with E-state index >= 15 is 0 Å². The standard InChI is InChI=1S/C18H14FN3OS/c19-15-9-7-14(8-10-15)16(23)12-24-18-20-17(21-22-18)11-6-13-4-2-1-3-5-13/h1-11H,12H2,(H,20,21,22)/b11-6+. The zero-order valence-corrected chi connectivity index (χ0v) is 13.5. The molecule has 0 radical (unpaired) electrons. The predicted molar refractivity (Wildman–Crippen MR) is 93.2 cm³/mol. The van der Waals surface area contributed by atoms with E-state index in [0.717, 1.165) is 5.56 Å². The van der Waals surface area contributed by atoms with Crippen LogP contribution in [0.15, 0.2) is 59.8 Å². The number of thioether (sulfide) groups is 1. The monoisotopic (exact) mass is 339 g/mol. The SMILES string of the molecule is O=C(CSc1n[nH]c(/C=C/c2ccccc2)n1)c1ccc(F)cc1. The summed E-state index contributed by atoms with van der Waals surface area (Å²) in [7, 11) is 0. The third kappa shape index (κ3) is 4.39. The molecule has 3 aromatic rings. The zero-order chi connectivity index (χ0) is 16.8. The van der Waals surface area contributed by atoms with Gasteiger partial charge in [0.15, 0.2) is 5.78 Å². The highest BCUT2D eigenvalue weighted by atomic mass is 32.2. The lowest BCUT2D eigenvalue weighted by atomic mass is 10.1. The van der Waals surface area contributed by atoms with Gasteiger partial charge in [-0.15, -0.1) is 5.10 Å². The number of rotatable bonds is 6. The summed E-state index contributed by atoms with van der Waals surface area (Å²) >= 11 is 1.24. The number of carbonyl (C=O) groups is 1. The maximum atomic E-state index is 12.9. The smallest absolute Gasteiger partial charge is 0.209 e. The summed E-state index contributed by atoms with van der Waals surface area (Å²) in [6, 6.07) is 15.4. The Morgan fingerprint density at radius 2 is 1.83 bits per heavy atom. The Morgan fingerprint density at radius 1 is 1.08 bits per heavy atom. The van der Waals surface area contributed by atoms with E-state index in [2.05, 4.69) is 15.2 Å². The zero-order valence-electron chi connectivity index (χ0n) is 12.6. The number of nitrogens with zero attached hydrogens (tertiary/aromatic N) is 2. The largest absolute Gasteiger partial charge is 0.293 e. The highest BCUT2D eigenvalue weighted by molar-refractivity contribution is 7.99. The van der Waals surface area contributed by atoms with Gasteiger partial charge in [0.1, 0.15) is 11.6 Å². The number of carbonyl (C=O) groups excluding carboxylic acids is 1. The second kappa shape index (κ2) is 7.70. The Morgan fingerprint density at radius 3 is 2.58 bits per heavy atom. The number of hydrogen-bond acceptors (Lipinski definition) is 4. The third-order valence-electron chi connectivity index (χ3n) is 3.21. The molecular weight excluding hydrogens is 325 g/mol. The van der Waals surface area contributed by atoms with Crippen LogP contribution >= 0.6 is 11.8 Å². The molecule has 0 bridgehead atoms.